The number of aromatic nitrogens is 4. The van der Waals surface area contributed by atoms with Crippen LogP contribution in [0.4, 0.5) is 11.6 Å². The number of anilines is 2. The average Bonchev–Trinajstić information content (AvgIpc) is 3.00. The van der Waals surface area contributed by atoms with E-state index in [-0.39, 0.29) is 11.6 Å². The Morgan fingerprint density at radius 2 is 2.04 bits per heavy atom. The quantitative estimate of drug-likeness (QED) is 0.707. The molecule has 0 radical (unpaired) electrons. The fourth-order valence-electron chi connectivity index (χ4n) is 2.55. The zero-order valence-corrected chi connectivity index (χ0v) is 14.5. The summed E-state index contributed by atoms with van der Waals surface area (Å²) in [6, 6.07) is 6.52. The van der Waals surface area contributed by atoms with Crippen LogP contribution in [0.15, 0.2) is 29.1 Å². The van der Waals surface area contributed by atoms with E-state index in [4.69, 9.17) is 4.74 Å². The molecule has 0 unspecified atom stereocenters. The van der Waals surface area contributed by atoms with Gasteiger partial charge in [-0.2, -0.15) is 10.2 Å². The number of fused-ring (bicyclic) bond motifs is 1. The van der Waals surface area contributed by atoms with E-state index in [1.54, 1.807) is 12.1 Å². The number of hydrogen-bond acceptors (Lipinski definition) is 6. The maximum absolute atomic E-state index is 12.7. The summed E-state index contributed by atoms with van der Waals surface area (Å²) in [6.45, 7) is 5.63. The third kappa shape index (κ3) is 3.10. The van der Waals surface area contributed by atoms with Crippen LogP contribution in [-0.4, -0.2) is 33.1 Å². The van der Waals surface area contributed by atoms with Gasteiger partial charge in [0.05, 0.1) is 24.1 Å². The zero-order chi connectivity index (χ0) is 18.1. The molecule has 0 bridgehead atoms. The molecule has 0 aliphatic heterocycles. The molecule has 2 heterocycles. The molecule has 0 amide bonds. The van der Waals surface area contributed by atoms with Gasteiger partial charge in [0.25, 0.3) is 5.56 Å². The van der Waals surface area contributed by atoms with Crippen molar-refractivity contribution in [1.29, 1.82) is 0 Å². The molecule has 3 aromatic rings. The number of nitrogens with zero attached hydrogens (tertiary/aromatic N) is 3. The maximum atomic E-state index is 12.7. The summed E-state index contributed by atoms with van der Waals surface area (Å²) < 4.78 is 6.12. The summed E-state index contributed by atoms with van der Waals surface area (Å²) >= 11 is 0. The van der Waals surface area contributed by atoms with Crippen LogP contribution in [0.1, 0.15) is 35.9 Å². The number of aromatic amines is 1. The molecule has 0 saturated heterocycles. The first-order valence-electron chi connectivity index (χ1n) is 7.84. The van der Waals surface area contributed by atoms with Crippen LogP contribution in [0.25, 0.3) is 10.8 Å². The molecule has 130 valence electrons. The number of carbonyl (C=O) groups is 1. The number of esters is 1. The average molecular weight is 341 g/mol. The lowest BCUT2D eigenvalue weighted by Gasteiger charge is -2.14. The molecule has 8 heteroatoms. The molecule has 0 fully saturated rings. The summed E-state index contributed by atoms with van der Waals surface area (Å²) in [5, 5.41) is 15.5. The number of rotatable bonds is 4. The molecule has 0 aliphatic rings. The van der Waals surface area contributed by atoms with Gasteiger partial charge in [-0.1, -0.05) is 0 Å². The number of methoxy groups -OCH3 is 1. The number of benzene rings is 1. The van der Waals surface area contributed by atoms with E-state index in [1.165, 1.54) is 17.9 Å². The Hall–Kier alpha value is -3.16. The van der Waals surface area contributed by atoms with Crippen LogP contribution in [0, 0.1) is 6.92 Å². The smallest absolute Gasteiger partial charge is 0.337 e. The van der Waals surface area contributed by atoms with Crippen LogP contribution in [-0.2, 0) is 4.74 Å². The van der Waals surface area contributed by atoms with Gasteiger partial charge in [0, 0.05) is 17.1 Å². The van der Waals surface area contributed by atoms with Crippen molar-refractivity contribution in [1.82, 2.24) is 20.0 Å². The number of hydrogen-bond donors (Lipinski definition) is 2. The van der Waals surface area contributed by atoms with E-state index >= 15 is 0 Å². The Balaban J connectivity index is 2.23. The van der Waals surface area contributed by atoms with Gasteiger partial charge in [-0.05, 0) is 39.0 Å². The Morgan fingerprint density at radius 3 is 2.64 bits per heavy atom. The molecule has 2 N–H and O–H groups in total. The lowest BCUT2D eigenvalue weighted by Crippen LogP contribution is -2.26. The van der Waals surface area contributed by atoms with E-state index < -0.39 is 5.97 Å². The van der Waals surface area contributed by atoms with Crippen LogP contribution in [0.3, 0.4) is 0 Å². The molecule has 8 nitrogen and oxygen atoms in total. The molecule has 0 atom stereocenters. The number of aryl methyl sites for hydroxylation is 1. The van der Waals surface area contributed by atoms with Crippen molar-refractivity contribution in [2.24, 2.45) is 0 Å². The lowest BCUT2D eigenvalue weighted by atomic mass is 10.1. The topological polar surface area (TPSA) is 102 Å². The van der Waals surface area contributed by atoms with Gasteiger partial charge in [0.1, 0.15) is 0 Å². The molecular formula is C17H19N5O3. The Kier molecular flexibility index (Phi) is 4.26. The van der Waals surface area contributed by atoms with Crippen LogP contribution < -0.4 is 10.9 Å². The number of H-pyrrole nitrogens is 1. The predicted molar refractivity (Wildman–Crippen MR) is 94.3 cm³/mol. The summed E-state index contributed by atoms with van der Waals surface area (Å²) in [5.74, 6) is 0.593. The summed E-state index contributed by atoms with van der Waals surface area (Å²) in [5.41, 5.74) is 0.951. The third-order valence-corrected chi connectivity index (χ3v) is 3.78. The summed E-state index contributed by atoms with van der Waals surface area (Å²) in [4.78, 5) is 24.5. The number of carbonyl (C=O) groups excluding carboxylic acids is 1. The minimum absolute atomic E-state index is 0.139. The van der Waals surface area contributed by atoms with Crippen LogP contribution >= 0.6 is 0 Å². The number of ether oxygens (including phenoxy) is 1. The van der Waals surface area contributed by atoms with Crippen molar-refractivity contribution < 1.29 is 9.53 Å². The highest BCUT2D eigenvalue weighted by Crippen LogP contribution is 2.23. The predicted octanol–water partition coefficient (Wildman–Crippen LogP) is 2.54. The molecule has 2 aromatic heterocycles. The highest BCUT2D eigenvalue weighted by atomic mass is 16.5. The highest BCUT2D eigenvalue weighted by Gasteiger charge is 2.16. The molecule has 0 aliphatic carbocycles. The molecule has 3 rings (SSSR count). The molecule has 25 heavy (non-hydrogen) atoms. The fourth-order valence-corrected chi connectivity index (χ4v) is 2.55. The SMILES string of the molecule is COC(=O)c1ccc2c(Nc3cc(C)[nH]n3)nn(C(C)C)c(=O)c2c1. The Labute approximate surface area is 143 Å². The van der Waals surface area contributed by atoms with Crippen LogP contribution in [0.2, 0.25) is 0 Å². The van der Waals surface area contributed by atoms with Gasteiger partial charge >= 0.3 is 5.97 Å². The van der Waals surface area contributed by atoms with Gasteiger partial charge in [-0.15, -0.1) is 0 Å². The van der Waals surface area contributed by atoms with Gasteiger partial charge in [0.2, 0.25) is 0 Å². The second kappa shape index (κ2) is 6.39. The van der Waals surface area contributed by atoms with Crippen molar-refractivity contribution >= 4 is 28.4 Å². The molecular weight excluding hydrogens is 322 g/mol. The van der Waals surface area contributed by atoms with E-state index in [0.29, 0.717) is 28.0 Å². The van der Waals surface area contributed by atoms with E-state index in [2.05, 4.69) is 20.6 Å². The van der Waals surface area contributed by atoms with Gasteiger partial charge < -0.3 is 10.1 Å². The van der Waals surface area contributed by atoms with E-state index in [9.17, 15) is 9.59 Å². The van der Waals surface area contributed by atoms with E-state index in [0.717, 1.165) is 5.69 Å². The summed E-state index contributed by atoms with van der Waals surface area (Å²) in [7, 11) is 1.30. The van der Waals surface area contributed by atoms with Gasteiger partial charge in [-0.3, -0.25) is 9.89 Å². The number of nitrogens with one attached hydrogen (secondary N) is 2. The van der Waals surface area contributed by atoms with Crippen LogP contribution in [0.5, 0.6) is 0 Å². The molecule has 0 saturated carbocycles. The second-order valence-corrected chi connectivity index (χ2v) is 6.01. The van der Waals surface area contributed by atoms with Gasteiger partial charge in [0.15, 0.2) is 11.6 Å². The monoisotopic (exact) mass is 341 g/mol. The third-order valence-electron chi connectivity index (χ3n) is 3.78. The molecule has 0 spiro atoms. The van der Waals surface area contributed by atoms with Gasteiger partial charge in [-0.25, -0.2) is 9.48 Å². The fraction of sp³-hybridized carbons (Fsp3) is 0.294. The maximum Gasteiger partial charge on any atom is 0.337 e. The standard InChI is InChI=1S/C17H19N5O3/c1-9(2)22-16(23)13-8-11(17(24)25-4)5-6-12(13)15(21-22)18-14-7-10(3)19-20-14/h5-9H,1-4H3,(H2,18,19,20,21). The second-order valence-electron chi connectivity index (χ2n) is 6.01. The first-order chi connectivity index (χ1) is 11.9. The normalized spacial score (nSPS) is 11.1. The largest absolute Gasteiger partial charge is 0.465 e. The zero-order valence-electron chi connectivity index (χ0n) is 14.5. The van der Waals surface area contributed by atoms with Crippen molar-refractivity contribution in [3.8, 4) is 0 Å². The van der Waals surface area contributed by atoms with Crippen molar-refractivity contribution in [3.63, 3.8) is 0 Å². The highest BCUT2D eigenvalue weighted by molar-refractivity contribution is 5.98. The Bertz CT molecular complexity index is 1000. The van der Waals surface area contributed by atoms with E-state index in [1.807, 2.05) is 26.8 Å². The van der Waals surface area contributed by atoms with Crippen molar-refractivity contribution in [2.75, 3.05) is 12.4 Å². The summed E-state index contributed by atoms with van der Waals surface area (Å²) in [6.07, 6.45) is 0. The first-order valence-corrected chi connectivity index (χ1v) is 7.84. The van der Waals surface area contributed by atoms with Crippen molar-refractivity contribution in [3.05, 3.63) is 45.9 Å². The first kappa shape index (κ1) is 16.7. The minimum atomic E-state index is -0.494. The lowest BCUT2D eigenvalue weighted by molar-refractivity contribution is 0.0601. The molecule has 1 aromatic carbocycles. The minimum Gasteiger partial charge on any atom is -0.465 e. The Morgan fingerprint density at radius 1 is 1.28 bits per heavy atom. The van der Waals surface area contributed by atoms with Crippen molar-refractivity contribution in [2.45, 2.75) is 26.8 Å².